The topological polar surface area (TPSA) is 76.0 Å². The molecule has 3 aromatic carbocycles. The first-order valence-corrected chi connectivity index (χ1v) is 9.77. The molecule has 0 saturated carbocycles. The molecule has 4 aromatic rings. The van der Waals surface area contributed by atoms with Crippen molar-refractivity contribution in [2.75, 3.05) is 0 Å². The fraction of sp³-hybridized carbons (Fsp3) is 0. The Labute approximate surface area is 186 Å². The van der Waals surface area contributed by atoms with Crippen LogP contribution < -0.4 is 10.9 Å². The van der Waals surface area contributed by atoms with Crippen molar-refractivity contribution in [3.05, 3.63) is 107 Å². The first-order valence-electron chi connectivity index (χ1n) is 9.40. The second kappa shape index (κ2) is 8.99. The van der Waals surface area contributed by atoms with Gasteiger partial charge in [0.15, 0.2) is 11.6 Å². The summed E-state index contributed by atoms with van der Waals surface area (Å²) in [7, 11) is 0. The molecular formula is C23H15ClF2N4O2. The molecule has 9 heteroatoms. The molecule has 2 N–H and O–H groups in total. The van der Waals surface area contributed by atoms with E-state index in [0.29, 0.717) is 23.4 Å². The summed E-state index contributed by atoms with van der Waals surface area (Å²) < 4.78 is 28.3. The van der Waals surface area contributed by atoms with E-state index in [1.807, 2.05) is 48.5 Å². The molecule has 0 bridgehead atoms. The number of amides is 2. The number of halogens is 3. The van der Waals surface area contributed by atoms with Gasteiger partial charge in [-0.1, -0.05) is 60.1 Å². The zero-order chi connectivity index (χ0) is 22.7. The third-order valence-corrected chi connectivity index (χ3v) is 4.88. The molecule has 0 aliphatic carbocycles. The predicted molar refractivity (Wildman–Crippen MR) is 115 cm³/mol. The Morgan fingerprint density at radius 1 is 0.812 bits per heavy atom. The summed E-state index contributed by atoms with van der Waals surface area (Å²) in [6.45, 7) is 0. The zero-order valence-electron chi connectivity index (χ0n) is 16.4. The summed E-state index contributed by atoms with van der Waals surface area (Å²) in [5.41, 5.74) is 6.13. The maximum absolute atomic E-state index is 13.5. The van der Waals surface area contributed by atoms with Crippen LogP contribution in [-0.2, 0) is 0 Å². The lowest BCUT2D eigenvalue weighted by molar-refractivity contribution is 0.0847. The summed E-state index contributed by atoms with van der Waals surface area (Å²) in [5.74, 6) is -3.98. The van der Waals surface area contributed by atoms with E-state index in [4.69, 9.17) is 11.6 Å². The molecule has 6 nitrogen and oxygen atoms in total. The third kappa shape index (κ3) is 4.35. The predicted octanol–water partition coefficient (Wildman–Crippen LogP) is 4.55. The number of carbonyl (C=O) groups is 2. The van der Waals surface area contributed by atoms with Crippen LogP contribution in [0.25, 0.3) is 16.9 Å². The van der Waals surface area contributed by atoms with Gasteiger partial charge in [-0.2, -0.15) is 5.10 Å². The number of hydrogen-bond acceptors (Lipinski definition) is 3. The van der Waals surface area contributed by atoms with E-state index < -0.39 is 23.4 Å². The van der Waals surface area contributed by atoms with Gasteiger partial charge in [0.1, 0.15) is 5.69 Å². The summed E-state index contributed by atoms with van der Waals surface area (Å²) in [5, 5.41) is 4.23. The normalized spacial score (nSPS) is 10.6. The van der Waals surface area contributed by atoms with Crippen molar-refractivity contribution >= 4 is 23.4 Å². The average Bonchev–Trinajstić information content (AvgIpc) is 3.26. The molecule has 0 fully saturated rings. The molecular weight excluding hydrogens is 438 g/mol. The van der Waals surface area contributed by atoms with Gasteiger partial charge < -0.3 is 0 Å². The van der Waals surface area contributed by atoms with Gasteiger partial charge in [-0.05, 0) is 24.3 Å². The highest BCUT2D eigenvalue weighted by atomic mass is 35.5. The second-order valence-electron chi connectivity index (χ2n) is 6.69. The van der Waals surface area contributed by atoms with Crippen molar-refractivity contribution < 1.29 is 18.4 Å². The van der Waals surface area contributed by atoms with Crippen LogP contribution in [0.4, 0.5) is 8.78 Å². The Morgan fingerprint density at radius 2 is 1.38 bits per heavy atom. The van der Waals surface area contributed by atoms with Gasteiger partial charge in [-0.25, -0.2) is 13.5 Å². The molecule has 1 aromatic heterocycles. The molecule has 0 radical (unpaired) electrons. The first kappa shape index (κ1) is 21.2. The largest absolute Gasteiger partial charge is 0.273 e. The Balaban J connectivity index is 1.61. The summed E-state index contributed by atoms with van der Waals surface area (Å²) in [4.78, 5) is 25.2. The summed E-state index contributed by atoms with van der Waals surface area (Å²) in [6, 6.07) is 19.6. The van der Waals surface area contributed by atoms with Crippen LogP contribution in [0.1, 0.15) is 20.7 Å². The monoisotopic (exact) mass is 452 g/mol. The van der Waals surface area contributed by atoms with E-state index in [1.165, 1.54) is 6.20 Å². The third-order valence-electron chi connectivity index (χ3n) is 4.57. The van der Waals surface area contributed by atoms with E-state index in [-0.39, 0.29) is 16.1 Å². The minimum atomic E-state index is -1.23. The van der Waals surface area contributed by atoms with Crippen molar-refractivity contribution in [2.45, 2.75) is 0 Å². The lowest BCUT2D eigenvalue weighted by Crippen LogP contribution is -2.41. The molecule has 0 atom stereocenters. The molecule has 0 unspecified atom stereocenters. The fourth-order valence-corrected chi connectivity index (χ4v) is 3.24. The van der Waals surface area contributed by atoms with Crippen molar-refractivity contribution in [3.8, 4) is 16.9 Å². The van der Waals surface area contributed by atoms with Crippen LogP contribution in [0.5, 0.6) is 0 Å². The number of nitrogens with one attached hydrogen (secondary N) is 2. The molecule has 4 rings (SSSR count). The number of aromatic nitrogens is 2. The highest BCUT2D eigenvalue weighted by molar-refractivity contribution is 6.33. The van der Waals surface area contributed by atoms with E-state index in [2.05, 4.69) is 16.0 Å². The van der Waals surface area contributed by atoms with Gasteiger partial charge >= 0.3 is 0 Å². The average molecular weight is 453 g/mol. The first-order chi connectivity index (χ1) is 15.4. The minimum Gasteiger partial charge on any atom is -0.267 e. The molecule has 160 valence electrons. The minimum absolute atomic E-state index is 0.191. The molecule has 2 amide bonds. The standard InChI is InChI=1S/C23H15ClF2N4O2/c24-18-12-20(26)19(25)11-16(18)22(31)27-28-23(32)17-13-30(15-9-5-2-6-10-15)29-21(17)14-7-3-1-4-8-14/h1-13H,(H,27,31)(H,28,32). The molecule has 0 spiro atoms. The Hall–Kier alpha value is -4.04. The van der Waals surface area contributed by atoms with Crippen LogP contribution >= 0.6 is 11.6 Å². The van der Waals surface area contributed by atoms with Gasteiger partial charge in [-0.3, -0.25) is 20.4 Å². The van der Waals surface area contributed by atoms with E-state index >= 15 is 0 Å². The number of hydrogen-bond donors (Lipinski definition) is 2. The van der Waals surface area contributed by atoms with Gasteiger partial charge in [0, 0.05) is 11.8 Å². The quantitative estimate of drug-likeness (QED) is 0.352. The lowest BCUT2D eigenvalue weighted by atomic mass is 10.1. The zero-order valence-corrected chi connectivity index (χ0v) is 17.1. The SMILES string of the molecule is O=C(NNC(=O)c1cn(-c2ccccc2)nc1-c1ccccc1)c1cc(F)c(F)cc1Cl. The van der Waals surface area contributed by atoms with Gasteiger partial charge in [0.2, 0.25) is 0 Å². The number of carbonyl (C=O) groups excluding carboxylic acids is 2. The van der Waals surface area contributed by atoms with Crippen LogP contribution in [0, 0.1) is 11.6 Å². The van der Waals surface area contributed by atoms with E-state index in [1.54, 1.807) is 16.8 Å². The number of para-hydroxylation sites is 1. The fourth-order valence-electron chi connectivity index (χ4n) is 3.01. The number of rotatable bonds is 4. The number of benzene rings is 3. The molecule has 1 heterocycles. The van der Waals surface area contributed by atoms with Crippen molar-refractivity contribution in [1.29, 1.82) is 0 Å². The van der Waals surface area contributed by atoms with Crippen LogP contribution in [0.15, 0.2) is 79.0 Å². The van der Waals surface area contributed by atoms with Gasteiger partial charge in [0.05, 0.1) is 21.8 Å². The Morgan fingerprint density at radius 3 is 2.03 bits per heavy atom. The van der Waals surface area contributed by atoms with Crippen molar-refractivity contribution in [1.82, 2.24) is 20.6 Å². The van der Waals surface area contributed by atoms with Crippen LogP contribution in [0.2, 0.25) is 5.02 Å². The maximum atomic E-state index is 13.5. The highest BCUT2D eigenvalue weighted by Gasteiger charge is 2.20. The van der Waals surface area contributed by atoms with Crippen molar-refractivity contribution in [3.63, 3.8) is 0 Å². The summed E-state index contributed by atoms with van der Waals surface area (Å²) >= 11 is 5.81. The van der Waals surface area contributed by atoms with E-state index in [9.17, 15) is 18.4 Å². The van der Waals surface area contributed by atoms with E-state index in [0.717, 1.165) is 5.69 Å². The lowest BCUT2D eigenvalue weighted by Gasteiger charge is -2.09. The molecule has 0 saturated heterocycles. The maximum Gasteiger partial charge on any atom is 0.273 e. The molecule has 0 aliphatic rings. The second-order valence-corrected chi connectivity index (χ2v) is 7.10. The highest BCUT2D eigenvalue weighted by Crippen LogP contribution is 2.24. The Bertz CT molecular complexity index is 1290. The van der Waals surface area contributed by atoms with Crippen molar-refractivity contribution in [2.24, 2.45) is 0 Å². The van der Waals surface area contributed by atoms with Crippen LogP contribution in [0.3, 0.4) is 0 Å². The Kier molecular flexibility index (Phi) is 5.96. The smallest absolute Gasteiger partial charge is 0.267 e. The number of nitrogens with zero attached hydrogens (tertiary/aromatic N) is 2. The van der Waals surface area contributed by atoms with Gasteiger partial charge in [-0.15, -0.1) is 0 Å². The van der Waals surface area contributed by atoms with Gasteiger partial charge in [0.25, 0.3) is 11.8 Å². The summed E-state index contributed by atoms with van der Waals surface area (Å²) in [6.07, 6.45) is 1.53. The number of hydrazine groups is 1. The van der Waals surface area contributed by atoms with Crippen LogP contribution in [-0.4, -0.2) is 21.6 Å². The molecule has 0 aliphatic heterocycles. The molecule has 32 heavy (non-hydrogen) atoms.